The molecule has 3 heteroatoms. The second-order valence-electron chi connectivity index (χ2n) is 4.41. The molecule has 0 saturated heterocycles. The molecule has 0 aliphatic heterocycles. The average Bonchev–Trinajstić information content (AvgIpc) is 2.76. The normalized spacial score (nSPS) is 10.4. The summed E-state index contributed by atoms with van der Waals surface area (Å²) in [5.41, 5.74) is 1.01. The second kappa shape index (κ2) is 6.06. The van der Waals surface area contributed by atoms with Crippen molar-refractivity contribution in [1.29, 1.82) is 0 Å². The molecule has 0 aliphatic carbocycles. The van der Waals surface area contributed by atoms with E-state index in [2.05, 4.69) is 36.4 Å². The molecule has 1 heterocycles. The highest BCUT2D eigenvalue weighted by atomic mass is 32.1. The summed E-state index contributed by atoms with van der Waals surface area (Å²) in [7, 11) is 0. The van der Waals surface area contributed by atoms with Gasteiger partial charge in [-0.1, -0.05) is 37.8 Å². The Kier molecular flexibility index (Phi) is 4.40. The van der Waals surface area contributed by atoms with Crippen LogP contribution in [0.2, 0.25) is 0 Å². The van der Waals surface area contributed by atoms with Crippen LogP contribution in [0.5, 0.6) is 0 Å². The van der Waals surface area contributed by atoms with Crippen LogP contribution in [0, 0.1) is 0 Å². The number of ether oxygens (including phenoxy) is 1. The van der Waals surface area contributed by atoms with Crippen molar-refractivity contribution in [2.45, 2.75) is 20.8 Å². The highest BCUT2D eigenvalue weighted by molar-refractivity contribution is 7.25. The van der Waals surface area contributed by atoms with Crippen molar-refractivity contribution in [3.63, 3.8) is 0 Å². The number of hydrogen-bond donors (Lipinski definition) is 0. The SMILES string of the molecule is C.CCOC(=O)Cc1ccc2c(c1)sc1ccccc12. The first-order valence-corrected chi connectivity index (χ1v) is 7.15. The largest absolute Gasteiger partial charge is 0.466 e. The standard InChI is InChI=1S/C16H14O2S.CH4/c1-2-18-16(17)10-11-7-8-13-12-5-3-4-6-14(12)19-15(13)9-11;/h3-9H,2,10H2,1H3;1H4. The minimum Gasteiger partial charge on any atom is -0.466 e. The summed E-state index contributed by atoms with van der Waals surface area (Å²) in [6.45, 7) is 2.26. The van der Waals surface area contributed by atoms with Crippen molar-refractivity contribution in [2.75, 3.05) is 6.61 Å². The molecule has 0 radical (unpaired) electrons. The van der Waals surface area contributed by atoms with Crippen LogP contribution in [-0.4, -0.2) is 12.6 Å². The van der Waals surface area contributed by atoms with Gasteiger partial charge in [0.2, 0.25) is 0 Å². The Morgan fingerprint density at radius 1 is 1.10 bits per heavy atom. The van der Waals surface area contributed by atoms with Crippen LogP contribution in [0.25, 0.3) is 20.2 Å². The highest BCUT2D eigenvalue weighted by Gasteiger charge is 2.08. The molecule has 0 amide bonds. The summed E-state index contributed by atoms with van der Waals surface area (Å²) < 4.78 is 7.49. The fraction of sp³-hybridized carbons (Fsp3) is 0.235. The van der Waals surface area contributed by atoms with Crippen molar-refractivity contribution < 1.29 is 9.53 Å². The first-order valence-electron chi connectivity index (χ1n) is 6.33. The van der Waals surface area contributed by atoms with Gasteiger partial charge >= 0.3 is 5.97 Å². The fourth-order valence-electron chi connectivity index (χ4n) is 2.26. The lowest BCUT2D eigenvalue weighted by molar-refractivity contribution is -0.142. The van der Waals surface area contributed by atoms with E-state index in [1.165, 1.54) is 20.2 Å². The summed E-state index contributed by atoms with van der Waals surface area (Å²) in [5, 5.41) is 2.54. The lowest BCUT2D eigenvalue weighted by atomic mass is 10.1. The first-order chi connectivity index (χ1) is 9.28. The molecule has 0 unspecified atom stereocenters. The van der Waals surface area contributed by atoms with E-state index >= 15 is 0 Å². The van der Waals surface area contributed by atoms with Crippen molar-refractivity contribution in [2.24, 2.45) is 0 Å². The van der Waals surface area contributed by atoms with Crippen molar-refractivity contribution >= 4 is 37.5 Å². The summed E-state index contributed by atoms with van der Waals surface area (Å²) in [4.78, 5) is 11.5. The van der Waals surface area contributed by atoms with E-state index in [0.29, 0.717) is 13.0 Å². The van der Waals surface area contributed by atoms with Crippen LogP contribution in [0.3, 0.4) is 0 Å². The number of carbonyl (C=O) groups is 1. The number of benzene rings is 2. The summed E-state index contributed by atoms with van der Waals surface area (Å²) in [5.74, 6) is -0.164. The molecule has 2 aromatic carbocycles. The third kappa shape index (κ3) is 2.68. The summed E-state index contributed by atoms with van der Waals surface area (Å²) >= 11 is 1.76. The number of fused-ring (bicyclic) bond motifs is 3. The maximum absolute atomic E-state index is 11.5. The first kappa shape index (κ1) is 14.5. The topological polar surface area (TPSA) is 26.3 Å². The number of thiophene rings is 1. The van der Waals surface area contributed by atoms with Crippen LogP contribution in [-0.2, 0) is 16.0 Å². The molecule has 3 aromatic rings. The molecule has 0 fully saturated rings. The second-order valence-corrected chi connectivity index (χ2v) is 5.49. The van der Waals surface area contributed by atoms with E-state index in [9.17, 15) is 4.79 Å². The number of rotatable bonds is 3. The van der Waals surface area contributed by atoms with Crippen LogP contribution in [0.15, 0.2) is 42.5 Å². The Morgan fingerprint density at radius 3 is 2.65 bits per heavy atom. The maximum atomic E-state index is 11.5. The summed E-state index contributed by atoms with van der Waals surface area (Å²) in [6, 6.07) is 14.6. The molecule has 0 atom stereocenters. The molecule has 3 rings (SSSR count). The van der Waals surface area contributed by atoms with E-state index in [4.69, 9.17) is 4.74 Å². The Bertz CT molecular complexity index is 743. The molecule has 2 nitrogen and oxygen atoms in total. The van der Waals surface area contributed by atoms with Crippen LogP contribution in [0.4, 0.5) is 0 Å². The van der Waals surface area contributed by atoms with Crippen molar-refractivity contribution in [3.05, 3.63) is 48.0 Å². The molecule has 0 spiro atoms. The number of carbonyl (C=O) groups excluding carboxylic acids is 1. The Balaban J connectivity index is 0.00000147. The molecule has 20 heavy (non-hydrogen) atoms. The molecular weight excluding hydrogens is 268 g/mol. The van der Waals surface area contributed by atoms with Gasteiger partial charge in [-0.05, 0) is 24.6 Å². The summed E-state index contributed by atoms with van der Waals surface area (Å²) in [6.07, 6.45) is 0.345. The van der Waals surface area contributed by atoms with Crippen LogP contribution < -0.4 is 0 Å². The van der Waals surface area contributed by atoms with E-state index in [1.807, 2.05) is 13.0 Å². The van der Waals surface area contributed by atoms with Gasteiger partial charge in [0.25, 0.3) is 0 Å². The van der Waals surface area contributed by atoms with Gasteiger partial charge in [-0.3, -0.25) is 4.79 Å². The van der Waals surface area contributed by atoms with E-state index in [1.54, 1.807) is 11.3 Å². The molecule has 0 N–H and O–H groups in total. The zero-order valence-corrected chi connectivity index (χ0v) is 11.5. The minimum absolute atomic E-state index is 0. The highest BCUT2D eigenvalue weighted by Crippen LogP contribution is 2.34. The lowest BCUT2D eigenvalue weighted by Crippen LogP contribution is -2.07. The average molecular weight is 286 g/mol. The van der Waals surface area contributed by atoms with E-state index < -0.39 is 0 Å². The van der Waals surface area contributed by atoms with Crippen LogP contribution >= 0.6 is 11.3 Å². The smallest absolute Gasteiger partial charge is 0.310 e. The molecule has 1 aromatic heterocycles. The predicted octanol–water partition coefficient (Wildman–Crippen LogP) is 4.80. The van der Waals surface area contributed by atoms with Gasteiger partial charge in [-0.15, -0.1) is 11.3 Å². The Morgan fingerprint density at radius 2 is 1.85 bits per heavy atom. The van der Waals surface area contributed by atoms with Gasteiger partial charge in [0.15, 0.2) is 0 Å². The zero-order chi connectivity index (χ0) is 13.2. The van der Waals surface area contributed by atoms with Gasteiger partial charge in [-0.25, -0.2) is 0 Å². The Hall–Kier alpha value is -1.87. The van der Waals surface area contributed by atoms with E-state index in [-0.39, 0.29) is 13.4 Å². The van der Waals surface area contributed by atoms with Crippen molar-refractivity contribution in [3.8, 4) is 0 Å². The van der Waals surface area contributed by atoms with Crippen molar-refractivity contribution in [1.82, 2.24) is 0 Å². The molecule has 0 saturated carbocycles. The van der Waals surface area contributed by atoms with Gasteiger partial charge < -0.3 is 4.74 Å². The molecule has 104 valence electrons. The molecule has 0 bridgehead atoms. The van der Waals surface area contributed by atoms with Gasteiger partial charge in [0, 0.05) is 20.2 Å². The van der Waals surface area contributed by atoms with Gasteiger partial charge in [0.05, 0.1) is 13.0 Å². The zero-order valence-electron chi connectivity index (χ0n) is 10.7. The van der Waals surface area contributed by atoms with E-state index in [0.717, 1.165) is 5.56 Å². The monoisotopic (exact) mass is 286 g/mol. The minimum atomic E-state index is -0.164. The quantitative estimate of drug-likeness (QED) is 0.647. The third-order valence-corrected chi connectivity index (χ3v) is 4.23. The molecule has 0 aliphatic rings. The fourth-order valence-corrected chi connectivity index (χ4v) is 3.43. The maximum Gasteiger partial charge on any atom is 0.310 e. The lowest BCUT2D eigenvalue weighted by Gasteiger charge is -2.02. The van der Waals surface area contributed by atoms with Crippen LogP contribution in [0.1, 0.15) is 19.9 Å². The van der Waals surface area contributed by atoms with Gasteiger partial charge in [-0.2, -0.15) is 0 Å². The predicted molar refractivity (Wildman–Crippen MR) is 86.4 cm³/mol. The number of esters is 1. The third-order valence-electron chi connectivity index (χ3n) is 3.10. The Labute approximate surface area is 123 Å². The number of hydrogen-bond acceptors (Lipinski definition) is 3. The van der Waals surface area contributed by atoms with Gasteiger partial charge in [0.1, 0.15) is 0 Å². The molecular formula is C17H18O2S.